The number of benzene rings is 2. The SMILES string of the molecule is CCOc1cc(C2C(C(=O)OC)=C(C)NC(C)=C2C(=O)OC)ccc1OCc1ccccc1. The molecular weight excluding hydrogens is 422 g/mol. The van der Waals surface area contributed by atoms with Crippen molar-refractivity contribution in [3.05, 3.63) is 82.2 Å². The summed E-state index contributed by atoms with van der Waals surface area (Å²) in [6, 6.07) is 15.2. The Hall–Kier alpha value is -3.74. The lowest BCUT2D eigenvalue weighted by Crippen LogP contribution is -2.32. The Kier molecular flexibility index (Phi) is 7.77. The first-order valence-corrected chi connectivity index (χ1v) is 10.7. The van der Waals surface area contributed by atoms with Crippen LogP contribution in [0.4, 0.5) is 0 Å². The van der Waals surface area contributed by atoms with Crippen LogP contribution in [-0.4, -0.2) is 32.8 Å². The molecule has 0 saturated carbocycles. The van der Waals surface area contributed by atoms with Crippen molar-refractivity contribution < 1.29 is 28.5 Å². The molecule has 1 N–H and O–H groups in total. The first-order chi connectivity index (χ1) is 15.9. The van der Waals surface area contributed by atoms with Gasteiger partial charge < -0.3 is 24.3 Å². The minimum Gasteiger partial charge on any atom is -0.490 e. The van der Waals surface area contributed by atoms with Gasteiger partial charge in [0, 0.05) is 11.4 Å². The highest BCUT2D eigenvalue weighted by atomic mass is 16.5. The van der Waals surface area contributed by atoms with Gasteiger partial charge in [-0.1, -0.05) is 36.4 Å². The van der Waals surface area contributed by atoms with E-state index >= 15 is 0 Å². The quantitative estimate of drug-likeness (QED) is 0.601. The molecule has 0 saturated heterocycles. The van der Waals surface area contributed by atoms with Crippen molar-refractivity contribution >= 4 is 11.9 Å². The van der Waals surface area contributed by atoms with Crippen molar-refractivity contribution in [2.75, 3.05) is 20.8 Å². The van der Waals surface area contributed by atoms with E-state index < -0.39 is 17.9 Å². The molecule has 0 amide bonds. The van der Waals surface area contributed by atoms with Crippen LogP contribution in [0.25, 0.3) is 0 Å². The average molecular weight is 452 g/mol. The van der Waals surface area contributed by atoms with Crippen molar-refractivity contribution in [2.45, 2.75) is 33.3 Å². The maximum Gasteiger partial charge on any atom is 0.336 e. The Labute approximate surface area is 194 Å². The summed E-state index contributed by atoms with van der Waals surface area (Å²) in [6.07, 6.45) is 0. The normalized spacial score (nSPS) is 14.0. The highest BCUT2D eigenvalue weighted by molar-refractivity contribution is 5.99. The minimum atomic E-state index is -0.687. The second-order valence-electron chi connectivity index (χ2n) is 7.53. The molecule has 0 fully saturated rings. The largest absolute Gasteiger partial charge is 0.490 e. The Morgan fingerprint density at radius 2 is 1.45 bits per heavy atom. The Morgan fingerprint density at radius 1 is 0.848 bits per heavy atom. The van der Waals surface area contributed by atoms with Crippen LogP contribution < -0.4 is 14.8 Å². The predicted octanol–water partition coefficient (Wildman–Crippen LogP) is 4.25. The van der Waals surface area contributed by atoms with Crippen molar-refractivity contribution in [1.82, 2.24) is 5.32 Å². The lowest BCUT2D eigenvalue weighted by atomic mass is 9.80. The molecule has 0 bridgehead atoms. The zero-order valence-electron chi connectivity index (χ0n) is 19.6. The van der Waals surface area contributed by atoms with Gasteiger partial charge >= 0.3 is 11.9 Å². The van der Waals surface area contributed by atoms with E-state index in [4.69, 9.17) is 18.9 Å². The smallest absolute Gasteiger partial charge is 0.336 e. The summed E-state index contributed by atoms with van der Waals surface area (Å²) in [4.78, 5) is 25.4. The molecule has 0 radical (unpaired) electrons. The van der Waals surface area contributed by atoms with Gasteiger partial charge in [-0.15, -0.1) is 0 Å². The van der Waals surface area contributed by atoms with E-state index in [9.17, 15) is 9.59 Å². The van der Waals surface area contributed by atoms with Crippen LogP contribution in [0.3, 0.4) is 0 Å². The molecule has 2 aromatic rings. The van der Waals surface area contributed by atoms with Gasteiger partial charge in [0.1, 0.15) is 6.61 Å². The van der Waals surface area contributed by atoms with Crippen LogP contribution in [0, 0.1) is 0 Å². The summed E-state index contributed by atoms with van der Waals surface area (Å²) >= 11 is 0. The third-order valence-electron chi connectivity index (χ3n) is 5.41. The van der Waals surface area contributed by atoms with Crippen LogP contribution in [0.5, 0.6) is 11.5 Å². The highest BCUT2D eigenvalue weighted by Gasteiger charge is 2.38. The lowest BCUT2D eigenvalue weighted by Gasteiger charge is -2.30. The van der Waals surface area contributed by atoms with Gasteiger partial charge in [-0.05, 0) is 44.0 Å². The molecular formula is C26H29NO6. The van der Waals surface area contributed by atoms with Crippen molar-refractivity contribution in [3.8, 4) is 11.5 Å². The second-order valence-corrected chi connectivity index (χ2v) is 7.53. The maximum absolute atomic E-state index is 12.7. The van der Waals surface area contributed by atoms with E-state index in [1.165, 1.54) is 14.2 Å². The van der Waals surface area contributed by atoms with Crippen molar-refractivity contribution in [3.63, 3.8) is 0 Å². The summed E-state index contributed by atoms with van der Waals surface area (Å²) in [5.74, 6) is -0.650. The number of carbonyl (C=O) groups is 2. The molecule has 7 heteroatoms. The molecule has 7 nitrogen and oxygen atoms in total. The van der Waals surface area contributed by atoms with Crippen LogP contribution in [0.15, 0.2) is 71.1 Å². The molecule has 0 unspecified atom stereocenters. The van der Waals surface area contributed by atoms with Crippen molar-refractivity contribution in [1.29, 1.82) is 0 Å². The fraction of sp³-hybridized carbons (Fsp3) is 0.308. The van der Waals surface area contributed by atoms with Gasteiger partial charge in [-0.25, -0.2) is 9.59 Å². The lowest BCUT2D eigenvalue weighted by molar-refractivity contribution is -0.137. The van der Waals surface area contributed by atoms with E-state index in [-0.39, 0.29) is 0 Å². The number of esters is 2. The summed E-state index contributed by atoms with van der Waals surface area (Å²) < 4.78 is 21.9. The molecule has 2 aromatic carbocycles. The zero-order valence-corrected chi connectivity index (χ0v) is 19.6. The molecule has 0 aromatic heterocycles. The molecule has 0 spiro atoms. The minimum absolute atomic E-state index is 0.337. The third kappa shape index (κ3) is 5.19. The van der Waals surface area contributed by atoms with Gasteiger partial charge in [0.2, 0.25) is 0 Å². The molecule has 3 rings (SSSR count). The van der Waals surface area contributed by atoms with E-state index in [0.717, 1.165) is 5.56 Å². The number of hydrogen-bond donors (Lipinski definition) is 1. The number of dihydropyridines is 1. The van der Waals surface area contributed by atoms with Gasteiger partial charge in [0.25, 0.3) is 0 Å². The molecule has 0 aliphatic carbocycles. The first-order valence-electron chi connectivity index (χ1n) is 10.7. The van der Waals surface area contributed by atoms with Gasteiger partial charge in [-0.2, -0.15) is 0 Å². The van der Waals surface area contributed by atoms with E-state index in [1.54, 1.807) is 26.0 Å². The molecule has 33 heavy (non-hydrogen) atoms. The molecule has 1 heterocycles. The Bertz CT molecular complexity index is 1050. The number of nitrogens with one attached hydrogen (secondary N) is 1. The first kappa shape index (κ1) is 23.9. The van der Waals surface area contributed by atoms with E-state index in [1.807, 2.05) is 43.3 Å². The topological polar surface area (TPSA) is 83.1 Å². The zero-order chi connectivity index (χ0) is 24.0. The van der Waals surface area contributed by atoms with E-state index in [2.05, 4.69) is 5.32 Å². The molecule has 174 valence electrons. The van der Waals surface area contributed by atoms with Crippen LogP contribution in [-0.2, 0) is 25.7 Å². The number of rotatable bonds is 8. The maximum atomic E-state index is 12.7. The fourth-order valence-electron chi connectivity index (χ4n) is 3.92. The van der Waals surface area contributed by atoms with Crippen LogP contribution >= 0.6 is 0 Å². The third-order valence-corrected chi connectivity index (χ3v) is 5.41. The second kappa shape index (κ2) is 10.7. The Balaban J connectivity index is 2.06. The fourth-order valence-corrected chi connectivity index (χ4v) is 3.92. The van der Waals surface area contributed by atoms with E-state index in [0.29, 0.717) is 52.8 Å². The molecule has 1 aliphatic heterocycles. The summed E-state index contributed by atoms with van der Waals surface area (Å²) in [6.45, 7) is 6.24. The number of allylic oxidation sites excluding steroid dienone is 2. The van der Waals surface area contributed by atoms with Gasteiger partial charge in [-0.3, -0.25) is 0 Å². The van der Waals surface area contributed by atoms with Gasteiger partial charge in [0.05, 0.1) is 37.9 Å². The predicted molar refractivity (Wildman–Crippen MR) is 124 cm³/mol. The number of hydrogen-bond acceptors (Lipinski definition) is 7. The standard InChI is InChI=1S/C26H29NO6/c1-6-32-21-14-19(12-13-20(21)33-15-18-10-8-7-9-11-18)24-22(25(28)30-4)16(2)27-17(3)23(24)26(29)31-5/h7-14,24,27H,6,15H2,1-5H3. The summed E-state index contributed by atoms with van der Waals surface area (Å²) in [5.41, 5.74) is 3.61. The number of ether oxygens (including phenoxy) is 4. The monoisotopic (exact) mass is 451 g/mol. The Morgan fingerprint density at radius 3 is 2.00 bits per heavy atom. The van der Waals surface area contributed by atoms with Crippen LogP contribution in [0.2, 0.25) is 0 Å². The van der Waals surface area contributed by atoms with Crippen molar-refractivity contribution in [2.24, 2.45) is 0 Å². The van der Waals surface area contributed by atoms with Crippen LogP contribution in [0.1, 0.15) is 37.8 Å². The summed E-state index contributed by atoms with van der Waals surface area (Å²) in [7, 11) is 2.63. The van der Waals surface area contributed by atoms with Gasteiger partial charge in [0.15, 0.2) is 11.5 Å². The number of methoxy groups -OCH3 is 2. The number of carbonyl (C=O) groups excluding carboxylic acids is 2. The summed E-state index contributed by atoms with van der Waals surface area (Å²) in [5, 5.41) is 3.10. The highest BCUT2D eigenvalue weighted by Crippen LogP contribution is 2.42. The molecule has 0 atom stereocenters. The average Bonchev–Trinajstić information content (AvgIpc) is 2.82. The molecule has 1 aliphatic rings.